The number of H-pyrrole nitrogens is 1. The first kappa shape index (κ1) is 19.9. The predicted molar refractivity (Wildman–Crippen MR) is 111 cm³/mol. The second-order valence-electron chi connectivity index (χ2n) is 9.21. The van der Waals surface area contributed by atoms with E-state index in [0.29, 0.717) is 5.88 Å². The average molecular weight is 407 g/mol. The molecule has 0 aliphatic carbocycles. The average Bonchev–Trinajstić information content (AvgIpc) is 3.15. The summed E-state index contributed by atoms with van der Waals surface area (Å²) in [6.45, 7) is 12.5. The molecule has 2 fully saturated rings. The first-order valence-corrected chi connectivity index (χ1v) is 11.1. The van der Waals surface area contributed by atoms with E-state index in [-0.39, 0.29) is 17.3 Å². The van der Waals surface area contributed by atoms with Gasteiger partial charge in [-0.25, -0.2) is 4.98 Å². The van der Waals surface area contributed by atoms with Gasteiger partial charge in [-0.15, -0.1) is 0 Å². The standard InChI is InChI=1S/C20H30N4O3S/c1-18(2,3)26-17-16-15(22-12-23-17)13(7-21-16)8-24-9-14-20(10-24,11-28-6)27-19(4,5)25-14/h7,12,14,21H,8-11H2,1-6H3/t14-,20+/m1/s1. The van der Waals surface area contributed by atoms with Crippen molar-refractivity contribution in [2.24, 2.45) is 0 Å². The van der Waals surface area contributed by atoms with Crippen molar-refractivity contribution in [2.75, 3.05) is 25.1 Å². The van der Waals surface area contributed by atoms with E-state index in [4.69, 9.17) is 14.2 Å². The molecule has 4 rings (SSSR count). The highest BCUT2D eigenvalue weighted by Gasteiger charge is 2.57. The van der Waals surface area contributed by atoms with Crippen LogP contribution in [0.15, 0.2) is 12.5 Å². The molecule has 4 heterocycles. The number of ether oxygens (including phenoxy) is 3. The lowest BCUT2D eigenvalue weighted by molar-refractivity contribution is -0.169. The molecule has 0 aromatic carbocycles. The van der Waals surface area contributed by atoms with Gasteiger partial charge in [-0.1, -0.05) is 0 Å². The number of hydrogen-bond donors (Lipinski definition) is 1. The number of fused-ring (bicyclic) bond motifs is 2. The van der Waals surface area contributed by atoms with E-state index in [1.165, 1.54) is 0 Å². The third-order valence-electron chi connectivity index (χ3n) is 5.07. The fourth-order valence-corrected chi connectivity index (χ4v) is 5.10. The Balaban J connectivity index is 1.55. The van der Waals surface area contributed by atoms with Crippen molar-refractivity contribution >= 4 is 22.8 Å². The van der Waals surface area contributed by atoms with Gasteiger partial charge in [0.2, 0.25) is 5.88 Å². The summed E-state index contributed by atoms with van der Waals surface area (Å²) in [6, 6.07) is 0. The molecule has 2 aliphatic heterocycles. The van der Waals surface area contributed by atoms with E-state index in [2.05, 4.69) is 26.1 Å². The fourth-order valence-electron chi connectivity index (χ4n) is 4.28. The summed E-state index contributed by atoms with van der Waals surface area (Å²) in [4.78, 5) is 14.5. The SMILES string of the molecule is CSC[C@@]12CN(Cc3c[nH]c4c(OC(C)(C)C)ncnc34)C[C@H]1OC(C)(C)O2. The monoisotopic (exact) mass is 406 g/mol. The molecule has 28 heavy (non-hydrogen) atoms. The lowest BCUT2D eigenvalue weighted by atomic mass is 10.0. The molecular formula is C20H30N4O3S. The Morgan fingerprint density at radius 1 is 1.36 bits per heavy atom. The third-order valence-corrected chi connectivity index (χ3v) is 5.85. The molecule has 0 unspecified atom stereocenters. The van der Waals surface area contributed by atoms with E-state index < -0.39 is 5.79 Å². The number of nitrogens with zero attached hydrogens (tertiary/aromatic N) is 3. The summed E-state index contributed by atoms with van der Waals surface area (Å²) in [7, 11) is 0. The molecule has 2 aliphatic rings. The van der Waals surface area contributed by atoms with Gasteiger partial charge < -0.3 is 19.2 Å². The molecule has 0 saturated carbocycles. The van der Waals surface area contributed by atoms with Gasteiger partial charge in [0.05, 0.1) is 5.52 Å². The van der Waals surface area contributed by atoms with Crippen LogP contribution in [0, 0.1) is 0 Å². The Morgan fingerprint density at radius 3 is 2.86 bits per heavy atom. The molecule has 0 amide bonds. The van der Waals surface area contributed by atoms with Gasteiger partial charge in [0.1, 0.15) is 29.2 Å². The summed E-state index contributed by atoms with van der Waals surface area (Å²) in [6.07, 6.45) is 5.80. The third kappa shape index (κ3) is 3.75. The van der Waals surface area contributed by atoms with Crippen LogP contribution >= 0.6 is 11.8 Å². The van der Waals surface area contributed by atoms with Crippen molar-refractivity contribution in [3.8, 4) is 5.88 Å². The molecule has 2 saturated heterocycles. The minimum absolute atomic E-state index is 0.0922. The van der Waals surface area contributed by atoms with Gasteiger partial charge in [-0.3, -0.25) is 4.90 Å². The van der Waals surface area contributed by atoms with Crippen molar-refractivity contribution in [1.29, 1.82) is 0 Å². The summed E-state index contributed by atoms with van der Waals surface area (Å²) < 4.78 is 18.6. The Morgan fingerprint density at radius 2 is 2.14 bits per heavy atom. The Bertz CT molecular complexity index is 863. The van der Waals surface area contributed by atoms with Crippen molar-refractivity contribution in [2.45, 2.75) is 64.3 Å². The highest BCUT2D eigenvalue weighted by Crippen LogP contribution is 2.43. The molecular weight excluding hydrogens is 376 g/mol. The van der Waals surface area contributed by atoms with Gasteiger partial charge in [0.15, 0.2) is 5.79 Å². The highest BCUT2D eigenvalue weighted by atomic mass is 32.2. The number of nitrogens with one attached hydrogen (secondary N) is 1. The number of likely N-dealkylation sites (tertiary alicyclic amines) is 1. The van der Waals surface area contributed by atoms with Crippen LogP contribution < -0.4 is 4.74 Å². The molecule has 1 N–H and O–H groups in total. The van der Waals surface area contributed by atoms with Crippen molar-refractivity contribution < 1.29 is 14.2 Å². The minimum Gasteiger partial charge on any atom is -0.470 e. The highest BCUT2D eigenvalue weighted by molar-refractivity contribution is 7.98. The van der Waals surface area contributed by atoms with Gasteiger partial charge >= 0.3 is 0 Å². The molecule has 0 radical (unpaired) electrons. The summed E-state index contributed by atoms with van der Waals surface area (Å²) in [5, 5.41) is 0. The van der Waals surface area contributed by atoms with Crippen LogP contribution in [0.1, 0.15) is 40.2 Å². The fraction of sp³-hybridized carbons (Fsp3) is 0.700. The summed E-state index contributed by atoms with van der Waals surface area (Å²) in [5.41, 5.74) is 2.33. The van der Waals surface area contributed by atoms with Gasteiger partial charge in [-0.05, 0) is 40.9 Å². The molecule has 2 aromatic rings. The molecule has 7 nitrogen and oxygen atoms in total. The number of aromatic amines is 1. The first-order valence-electron chi connectivity index (χ1n) is 9.70. The largest absolute Gasteiger partial charge is 0.470 e. The zero-order valence-corrected chi connectivity index (χ0v) is 18.4. The van der Waals surface area contributed by atoms with Crippen LogP contribution in [0.3, 0.4) is 0 Å². The predicted octanol–water partition coefficient (Wildman–Crippen LogP) is 3.20. The van der Waals surface area contributed by atoms with E-state index in [9.17, 15) is 0 Å². The topological polar surface area (TPSA) is 72.5 Å². The van der Waals surface area contributed by atoms with E-state index in [0.717, 1.165) is 42.0 Å². The molecule has 2 atom stereocenters. The van der Waals surface area contributed by atoms with E-state index in [1.807, 2.05) is 52.6 Å². The van der Waals surface area contributed by atoms with Crippen LogP contribution in [0.25, 0.3) is 11.0 Å². The minimum atomic E-state index is -0.514. The van der Waals surface area contributed by atoms with Crippen molar-refractivity contribution in [3.05, 3.63) is 18.1 Å². The summed E-state index contributed by atoms with van der Waals surface area (Å²) in [5.74, 6) is 1.01. The lowest BCUT2D eigenvalue weighted by Gasteiger charge is -2.28. The zero-order chi connectivity index (χ0) is 20.2. The summed E-state index contributed by atoms with van der Waals surface area (Å²) >= 11 is 1.81. The maximum absolute atomic E-state index is 6.37. The van der Waals surface area contributed by atoms with Gasteiger partial charge in [-0.2, -0.15) is 16.7 Å². The Labute approximate surface area is 170 Å². The van der Waals surface area contributed by atoms with Crippen LogP contribution in [0.4, 0.5) is 0 Å². The molecule has 0 bridgehead atoms. The van der Waals surface area contributed by atoms with Crippen LogP contribution in [-0.4, -0.2) is 68.0 Å². The quantitative estimate of drug-likeness (QED) is 0.817. The smallest absolute Gasteiger partial charge is 0.242 e. The Hall–Kier alpha value is -1.35. The second kappa shape index (κ2) is 6.86. The second-order valence-corrected chi connectivity index (χ2v) is 10.1. The lowest BCUT2D eigenvalue weighted by Crippen LogP contribution is -2.43. The molecule has 2 aromatic heterocycles. The van der Waals surface area contributed by atoms with Gasteiger partial charge in [0, 0.05) is 37.1 Å². The van der Waals surface area contributed by atoms with Crippen LogP contribution in [0.2, 0.25) is 0 Å². The molecule has 8 heteroatoms. The van der Waals surface area contributed by atoms with Gasteiger partial charge in [0.25, 0.3) is 0 Å². The number of hydrogen-bond acceptors (Lipinski definition) is 7. The number of aromatic nitrogens is 3. The maximum atomic E-state index is 6.37. The number of thioether (sulfide) groups is 1. The molecule has 154 valence electrons. The molecule has 0 spiro atoms. The van der Waals surface area contributed by atoms with E-state index >= 15 is 0 Å². The van der Waals surface area contributed by atoms with Crippen LogP contribution in [-0.2, 0) is 16.0 Å². The number of rotatable bonds is 5. The maximum Gasteiger partial charge on any atom is 0.242 e. The Kier molecular flexibility index (Phi) is 4.89. The normalized spacial score (nSPS) is 27.4. The van der Waals surface area contributed by atoms with Crippen molar-refractivity contribution in [3.63, 3.8) is 0 Å². The zero-order valence-electron chi connectivity index (χ0n) is 17.5. The van der Waals surface area contributed by atoms with E-state index in [1.54, 1.807) is 6.33 Å². The first-order chi connectivity index (χ1) is 13.1. The van der Waals surface area contributed by atoms with Crippen molar-refractivity contribution in [1.82, 2.24) is 19.9 Å². The van der Waals surface area contributed by atoms with Crippen LogP contribution in [0.5, 0.6) is 5.88 Å².